The molecule has 19 heavy (non-hydrogen) atoms. The van der Waals surface area contributed by atoms with Gasteiger partial charge in [-0.2, -0.15) is 0 Å². The lowest BCUT2D eigenvalue weighted by molar-refractivity contribution is 0.102. The van der Waals surface area contributed by atoms with Crippen LogP contribution in [0.2, 0.25) is 10.2 Å². The molecule has 2 aromatic rings. The minimum Gasteiger partial charge on any atom is -0.320 e. The molecule has 0 bridgehead atoms. The fourth-order valence-corrected chi connectivity index (χ4v) is 1.91. The highest BCUT2D eigenvalue weighted by molar-refractivity contribution is 6.35. The molecule has 0 saturated heterocycles. The number of anilines is 1. The summed E-state index contributed by atoms with van der Waals surface area (Å²) < 4.78 is 13.2. The quantitative estimate of drug-likeness (QED) is 0.849. The van der Waals surface area contributed by atoms with Crippen molar-refractivity contribution < 1.29 is 9.18 Å². The van der Waals surface area contributed by atoms with Crippen molar-refractivity contribution >= 4 is 34.8 Å². The zero-order chi connectivity index (χ0) is 14.0. The van der Waals surface area contributed by atoms with Crippen LogP contribution in [-0.2, 0) is 0 Å². The molecule has 1 aromatic carbocycles. The van der Waals surface area contributed by atoms with Crippen LogP contribution < -0.4 is 5.32 Å². The number of benzene rings is 1. The van der Waals surface area contributed by atoms with E-state index in [2.05, 4.69) is 10.3 Å². The zero-order valence-electron chi connectivity index (χ0n) is 9.88. The molecule has 0 radical (unpaired) electrons. The Morgan fingerprint density at radius 1 is 1.26 bits per heavy atom. The minimum atomic E-state index is -0.544. The molecule has 0 fully saturated rings. The molecule has 1 N–H and O–H groups in total. The lowest BCUT2D eigenvalue weighted by Gasteiger charge is -2.07. The van der Waals surface area contributed by atoms with Gasteiger partial charge >= 0.3 is 0 Å². The molecule has 1 aromatic heterocycles. The number of pyridine rings is 1. The normalized spacial score (nSPS) is 10.3. The van der Waals surface area contributed by atoms with Gasteiger partial charge in [-0.25, -0.2) is 9.37 Å². The van der Waals surface area contributed by atoms with Crippen LogP contribution in [0.3, 0.4) is 0 Å². The second-order valence-corrected chi connectivity index (χ2v) is 4.73. The lowest BCUT2D eigenvalue weighted by Crippen LogP contribution is -2.14. The molecule has 0 aliphatic heterocycles. The number of amides is 1. The van der Waals surface area contributed by atoms with Gasteiger partial charge in [-0.05, 0) is 42.8 Å². The Labute approximate surface area is 119 Å². The second kappa shape index (κ2) is 5.55. The topological polar surface area (TPSA) is 42.0 Å². The van der Waals surface area contributed by atoms with Gasteiger partial charge in [0.2, 0.25) is 0 Å². The monoisotopic (exact) mass is 298 g/mol. The van der Waals surface area contributed by atoms with Crippen molar-refractivity contribution in [3.8, 4) is 0 Å². The molecule has 0 atom stereocenters. The van der Waals surface area contributed by atoms with Crippen molar-refractivity contribution in [1.82, 2.24) is 4.98 Å². The summed E-state index contributed by atoms with van der Waals surface area (Å²) in [4.78, 5) is 15.8. The van der Waals surface area contributed by atoms with E-state index in [4.69, 9.17) is 23.2 Å². The summed E-state index contributed by atoms with van der Waals surface area (Å²) in [5.41, 5.74) is 1.02. The van der Waals surface area contributed by atoms with Crippen molar-refractivity contribution in [3.05, 3.63) is 57.6 Å². The third-order valence-electron chi connectivity index (χ3n) is 2.33. The molecule has 1 amide bonds. The second-order valence-electron chi connectivity index (χ2n) is 3.94. The molecule has 0 saturated carbocycles. The first-order valence-electron chi connectivity index (χ1n) is 5.36. The smallest absolute Gasteiger partial charge is 0.275 e. The molecule has 6 heteroatoms. The molecule has 2 rings (SSSR count). The van der Waals surface area contributed by atoms with Crippen LogP contribution in [0.15, 0.2) is 30.3 Å². The number of hydrogen-bond acceptors (Lipinski definition) is 2. The maximum Gasteiger partial charge on any atom is 0.275 e. The van der Waals surface area contributed by atoms with Crippen molar-refractivity contribution in [3.63, 3.8) is 0 Å². The third-order valence-corrected chi connectivity index (χ3v) is 2.84. The Hall–Kier alpha value is -1.65. The number of rotatable bonds is 2. The van der Waals surface area contributed by atoms with Crippen LogP contribution in [0, 0.1) is 12.7 Å². The number of aryl methyl sites for hydroxylation is 1. The summed E-state index contributed by atoms with van der Waals surface area (Å²) in [5.74, 6) is -0.974. The summed E-state index contributed by atoms with van der Waals surface area (Å²) >= 11 is 11.6. The van der Waals surface area contributed by atoms with E-state index in [-0.39, 0.29) is 15.9 Å². The largest absolute Gasteiger partial charge is 0.320 e. The van der Waals surface area contributed by atoms with Crippen LogP contribution in [0.4, 0.5) is 10.1 Å². The average molecular weight is 299 g/mol. The maximum absolute atomic E-state index is 13.2. The highest BCUT2D eigenvalue weighted by atomic mass is 35.5. The van der Waals surface area contributed by atoms with Crippen LogP contribution in [0.5, 0.6) is 0 Å². The van der Waals surface area contributed by atoms with Gasteiger partial charge in [0.15, 0.2) is 0 Å². The zero-order valence-corrected chi connectivity index (χ0v) is 11.4. The summed E-state index contributed by atoms with van der Waals surface area (Å²) in [7, 11) is 0. The summed E-state index contributed by atoms with van der Waals surface area (Å²) in [6, 6.07) is 7.17. The fraction of sp³-hybridized carbons (Fsp3) is 0.0769. The van der Waals surface area contributed by atoms with E-state index in [1.54, 1.807) is 13.0 Å². The van der Waals surface area contributed by atoms with Crippen molar-refractivity contribution in [1.29, 1.82) is 0 Å². The van der Waals surface area contributed by atoms with Gasteiger partial charge in [0.25, 0.3) is 5.91 Å². The number of nitrogens with one attached hydrogen (secondary N) is 1. The molecule has 0 aliphatic carbocycles. The van der Waals surface area contributed by atoms with Crippen molar-refractivity contribution in [2.75, 3.05) is 5.32 Å². The molecular formula is C13H9Cl2FN2O. The number of carbonyl (C=O) groups excluding carboxylic acids is 1. The molecule has 0 unspecified atom stereocenters. The summed E-state index contributed by atoms with van der Waals surface area (Å²) in [6.45, 7) is 1.73. The van der Waals surface area contributed by atoms with E-state index < -0.39 is 11.7 Å². The Kier molecular flexibility index (Phi) is 4.02. The SMILES string of the molecule is Cc1cc(F)cc(NC(=O)c2nc(Cl)ccc2Cl)c1. The van der Waals surface area contributed by atoms with Crippen LogP contribution in [0.25, 0.3) is 0 Å². The van der Waals surface area contributed by atoms with Crippen LogP contribution >= 0.6 is 23.2 Å². The summed E-state index contributed by atoms with van der Waals surface area (Å²) in [6.07, 6.45) is 0. The van der Waals surface area contributed by atoms with Gasteiger partial charge in [-0.15, -0.1) is 0 Å². The molecule has 0 spiro atoms. The summed E-state index contributed by atoms with van der Waals surface area (Å²) in [5, 5.41) is 2.86. The Balaban J connectivity index is 2.28. The first kappa shape index (κ1) is 13.8. The van der Waals surface area contributed by atoms with E-state index in [0.717, 1.165) is 0 Å². The van der Waals surface area contributed by atoms with E-state index >= 15 is 0 Å². The van der Waals surface area contributed by atoms with Gasteiger partial charge in [0.1, 0.15) is 16.7 Å². The van der Waals surface area contributed by atoms with Crippen molar-refractivity contribution in [2.45, 2.75) is 6.92 Å². The number of carbonyl (C=O) groups is 1. The maximum atomic E-state index is 13.2. The molecule has 98 valence electrons. The van der Waals surface area contributed by atoms with Gasteiger partial charge in [0, 0.05) is 5.69 Å². The fourth-order valence-electron chi connectivity index (χ4n) is 1.58. The van der Waals surface area contributed by atoms with Gasteiger partial charge in [-0.1, -0.05) is 23.2 Å². The van der Waals surface area contributed by atoms with Gasteiger partial charge in [0.05, 0.1) is 5.02 Å². The number of aromatic nitrogens is 1. The molecule has 1 heterocycles. The highest BCUT2D eigenvalue weighted by Gasteiger charge is 2.13. The number of halogens is 3. The van der Waals surface area contributed by atoms with Crippen molar-refractivity contribution in [2.24, 2.45) is 0 Å². The number of hydrogen-bond donors (Lipinski definition) is 1. The van der Waals surface area contributed by atoms with E-state index in [9.17, 15) is 9.18 Å². The van der Waals surface area contributed by atoms with Crippen LogP contribution in [0.1, 0.15) is 16.1 Å². The van der Waals surface area contributed by atoms with E-state index in [1.165, 1.54) is 24.3 Å². The van der Waals surface area contributed by atoms with E-state index in [0.29, 0.717) is 11.3 Å². The van der Waals surface area contributed by atoms with Gasteiger partial charge in [-0.3, -0.25) is 4.79 Å². The first-order chi connectivity index (χ1) is 8.95. The highest BCUT2D eigenvalue weighted by Crippen LogP contribution is 2.19. The third kappa shape index (κ3) is 3.43. The van der Waals surface area contributed by atoms with Crippen LogP contribution in [-0.4, -0.2) is 10.9 Å². The number of nitrogens with zero attached hydrogens (tertiary/aromatic N) is 1. The minimum absolute atomic E-state index is 0.00363. The van der Waals surface area contributed by atoms with E-state index in [1.807, 2.05) is 0 Å². The van der Waals surface area contributed by atoms with Gasteiger partial charge < -0.3 is 5.32 Å². The molecule has 0 aliphatic rings. The standard InChI is InChI=1S/C13H9Cl2FN2O/c1-7-4-8(16)6-9(5-7)17-13(19)12-10(14)2-3-11(15)18-12/h2-6H,1H3,(H,17,19). The predicted octanol–water partition coefficient (Wildman–Crippen LogP) is 4.09. The predicted molar refractivity (Wildman–Crippen MR) is 73.3 cm³/mol. The Bertz CT molecular complexity index is 626. The molecular weight excluding hydrogens is 290 g/mol. The molecule has 3 nitrogen and oxygen atoms in total. The Morgan fingerprint density at radius 2 is 2.00 bits per heavy atom. The average Bonchev–Trinajstić information content (AvgIpc) is 2.30. The Morgan fingerprint density at radius 3 is 2.68 bits per heavy atom. The first-order valence-corrected chi connectivity index (χ1v) is 6.12. The lowest BCUT2D eigenvalue weighted by atomic mass is 10.2.